The minimum atomic E-state index is -4.25. The van der Waals surface area contributed by atoms with E-state index in [1.807, 2.05) is 63.4 Å². The van der Waals surface area contributed by atoms with E-state index in [-0.39, 0.29) is 42.5 Å². The number of halogens is 3. The highest BCUT2D eigenvalue weighted by molar-refractivity contribution is 7.18. The van der Waals surface area contributed by atoms with Gasteiger partial charge in [-0.1, -0.05) is 24.3 Å². The number of alkyl halides is 3. The zero-order chi connectivity index (χ0) is 29.5. The number of aromatic nitrogens is 3. The number of ether oxygens (including phenoxy) is 1. The van der Waals surface area contributed by atoms with Crippen molar-refractivity contribution < 1.29 is 27.5 Å². The van der Waals surface area contributed by atoms with E-state index in [1.165, 1.54) is 18.4 Å². The smallest absolute Gasteiger partial charge is 0.391 e. The number of nitrogens with zero attached hydrogens (tertiary/aromatic N) is 4. The van der Waals surface area contributed by atoms with Crippen LogP contribution in [0.4, 0.5) is 18.9 Å². The number of aryl methyl sites for hydroxylation is 1. The van der Waals surface area contributed by atoms with Crippen molar-refractivity contribution >= 4 is 34.5 Å². The van der Waals surface area contributed by atoms with Gasteiger partial charge in [0.05, 0.1) is 24.4 Å². The molecule has 41 heavy (non-hydrogen) atoms. The lowest BCUT2D eigenvalue weighted by molar-refractivity contribution is -0.184. The number of hydrogen-bond acceptors (Lipinski definition) is 6. The zero-order valence-corrected chi connectivity index (χ0v) is 24.1. The van der Waals surface area contributed by atoms with Gasteiger partial charge in [0.2, 0.25) is 5.91 Å². The van der Waals surface area contributed by atoms with Crippen LogP contribution in [0.25, 0.3) is 27.3 Å². The van der Waals surface area contributed by atoms with Gasteiger partial charge in [0.1, 0.15) is 4.88 Å². The Bertz CT molecular complexity index is 1570. The number of amides is 1. The fourth-order valence-electron chi connectivity index (χ4n) is 5.38. The van der Waals surface area contributed by atoms with Gasteiger partial charge in [-0.2, -0.15) is 18.3 Å². The summed E-state index contributed by atoms with van der Waals surface area (Å²) in [7, 11) is 1.28. The second kappa shape index (κ2) is 11.3. The third kappa shape index (κ3) is 5.86. The maximum atomic E-state index is 13.7. The van der Waals surface area contributed by atoms with Crippen LogP contribution in [0.1, 0.15) is 54.9 Å². The van der Waals surface area contributed by atoms with E-state index >= 15 is 0 Å². The molecule has 3 aromatic heterocycles. The van der Waals surface area contributed by atoms with E-state index in [9.17, 15) is 22.8 Å². The minimum absolute atomic E-state index is 0.0705. The Morgan fingerprint density at radius 2 is 1.71 bits per heavy atom. The van der Waals surface area contributed by atoms with Crippen molar-refractivity contribution in [3.63, 3.8) is 0 Å². The lowest BCUT2D eigenvalue weighted by Crippen LogP contribution is -2.43. The van der Waals surface area contributed by atoms with E-state index in [2.05, 4.69) is 10.1 Å². The van der Waals surface area contributed by atoms with Gasteiger partial charge in [-0.15, -0.1) is 11.3 Å². The summed E-state index contributed by atoms with van der Waals surface area (Å²) >= 11 is 1.22. The summed E-state index contributed by atoms with van der Waals surface area (Å²) in [4.78, 5) is 33.6. The van der Waals surface area contributed by atoms with Crippen LogP contribution in [-0.2, 0) is 9.53 Å². The largest absolute Gasteiger partial charge is 0.465 e. The predicted molar refractivity (Wildman–Crippen MR) is 152 cm³/mol. The molecule has 0 unspecified atom stereocenters. The van der Waals surface area contributed by atoms with Crippen molar-refractivity contribution in [3.8, 4) is 21.7 Å². The maximum absolute atomic E-state index is 13.7. The lowest BCUT2D eigenvalue weighted by atomic mass is 9.81. The number of carbonyl (C=O) groups excluding carboxylic acids is 2. The molecule has 5 rings (SSSR count). The van der Waals surface area contributed by atoms with Gasteiger partial charge in [-0.3, -0.25) is 4.79 Å². The van der Waals surface area contributed by atoms with Gasteiger partial charge >= 0.3 is 12.1 Å². The van der Waals surface area contributed by atoms with E-state index in [0.29, 0.717) is 5.69 Å². The quantitative estimate of drug-likeness (QED) is 0.222. The van der Waals surface area contributed by atoms with Crippen molar-refractivity contribution in [1.82, 2.24) is 14.6 Å². The average molecular weight is 585 g/mol. The van der Waals surface area contributed by atoms with Crippen molar-refractivity contribution in [2.45, 2.75) is 58.7 Å². The summed E-state index contributed by atoms with van der Waals surface area (Å²) in [5, 5.41) is 4.59. The van der Waals surface area contributed by atoms with Gasteiger partial charge in [-0.25, -0.2) is 14.3 Å². The summed E-state index contributed by atoms with van der Waals surface area (Å²) in [6, 6.07) is 13.0. The SMILES string of the molecule is COC(=O)c1sc(-c2ccc(-c3cc4nc(C)ccn4n3)cc2)cc1N(C(=O)[C@H]1CC[C@H](C(F)(F)F)CC1)C(C)C. The highest BCUT2D eigenvalue weighted by Crippen LogP contribution is 2.43. The van der Waals surface area contributed by atoms with Crippen molar-refractivity contribution in [1.29, 1.82) is 0 Å². The van der Waals surface area contributed by atoms with Gasteiger partial charge in [-0.05, 0) is 64.2 Å². The molecule has 0 saturated heterocycles. The van der Waals surface area contributed by atoms with Crippen LogP contribution >= 0.6 is 11.3 Å². The van der Waals surface area contributed by atoms with E-state index in [1.54, 1.807) is 15.5 Å². The Labute approximate surface area is 240 Å². The molecule has 0 N–H and O–H groups in total. The van der Waals surface area contributed by atoms with E-state index < -0.39 is 24.0 Å². The van der Waals surface area contributed by atoms with Crippen molar-refractivity contribution in [2.75, 3.05) is 12.0 Å². The molecule has 0 bridgehead atoms. The predicted octanol–water partition coefficient (Wildman–Crippen LogP) is 7.33. The van der Waals surface area contributed by atoms with Gasteiger partial charge in [0, 0.05) is 40.4 Å². The molecule has 0 aliphatic heterocycles. The Hall–Kier alpha value is -3.73. The molecule has 11 heteroatoms. The van der Waals surface area contributed by atoms with Crippen LogP contribution < -0.4 is 4.90 Å². The molecule has 1 saturated carbocycles. The summed E-state index contributed by atoms with van der Waals surface area (Å²) in [6.45, 7) is 5.58. The number of benzene rings is 1. The number of rotatable bonds is 6. The number of methoxy groups -OCH3 is 1. The molecule has 0 atom stereocenters. The number of hydrogen-bond donors (Lipinski definition) is 0. The third-order valence-corrected chi connectivity index (χ3v) is 8.72. The fourth-order valence-corrected chi connectivity index (χ4v) is 6.45. The molecule has 0 radical (unpaired) electrons. The number of fused-ring (bicyclic) bond motifs is 1. The minimum Gasteiger partial charge on any atom is -0.465 e. The molecule has 1 aliphatic carbocycles. The number of thiophene rings is 1. The molecule has 1 amide bonds. The summed E-state index contributed by atoms with van der Waals surface area (Å²) < 4.78 is 46.4. The van der Waals surface area contributed by atoms with Crippen LogP contribution in [0.3, 0.4) is 0 Å². The Balaban J connectivity index is 1.43. The fraction of sp³-hybridized carbons (Fsp3) is 0.400. The first-order valence-corrected chi connectivity index (χ1v) is 14.3. The van der Waals surface area contributed by atoms with Crippen LogP contribution in [0, 0.1) is 18.8 Å². The molecule has 0 spiro atoms. The van der Waals surface area contributed by atoms with Crippen molar-refractivity contribution in [3.05, 3.63) is 59.2 Å². The van der Waals surface area contributed by atoms with E-state index in [4.69, 9.17) is 4.74 Å². The molecule has 1 fully saturated rings. The Morgan fingerprint density at radius 3 is 2.32 bits per heavy atom. The molecule has 1 aliphatic rings. The van der Waals surface area contributed by atoms with Crippen LogP contribution in [0.5, 0.6) is 0 Å². The zero-order valence-electron chi connectivity index (χ0n) is 23.2. The van der Waals surface area contributed by atoms with Gasteiger partial charge in [0.15, 0.2) is 5.65 Å². The highest BCUT2D eigenvalue weighted by atomic mass is 32.1. The molecule has 216 valence electrons. The van der Waals surface area contributed by atoms with Gasteiger partial charge in [0.25, 0.3) is 0 Å². The average Bonchev–Trinajstić information content (AvgIpc) is 3.57. The number of anilines is 1. The second-order valence-corrected chi connectivity index (χ2v) is 11.7. The standard InChI is InChI=1S/C30H31F3N4O3S/c1-17(2)37(28(38)21-9-11-22(12-10-21)30(31,32)33)24-16-25(41-27(24)29(39)40-4)20-7-5-19(6-8-20)23-15-26-34-18(3)13-14-36(26)35-23/h5-8,13-17,21-22H,9-12H2,1-4H3/t21-,22-. The summed E-state index contributed by atoms with van der Waals surface area (Å²) in [6.07, 6.45) is -2.20. The second-order valence-electron chi connectivity index (χ2n) is 10.7. The first-order valence-electron chi connectivity index (χ1n) is 13.5. The lowest BCUT2D eigenvalue weighted by Gasteiger charge is -2.34. The molecule has 4 aromatic rings. The normalized spacial score (nSPS) is 17.7. The molecule has 3 heterocycles. The first-order chi connectivity index (χ1) is 19.5. The summed E-state index contributed by atoms with van der Waals surface area (Å²) in [5.41, 5.74) is 4.58. The number of esters is 1. The first kappa shape index (κ1) is 28.8. The third-order valence-electron chi connectivity index (χ3n) is 7.57. The van der Waals surface area contributed by atoms with Crippen LogP contribution in [0.15, 0.2) is 48.7 Å². The topological polar surface area (TPSA) is 76.8 Å². The van der Waals surface area contributed by atoms with E-state index in [0.717, 1.165) is 33.0 Å². The summed E-state index contributed by atoms with van der Waals surface area (Å²) in [5.74, 6) is -2.74. The highest BCUT2D eigenvalue weighted by Gasteiger charge is 2.43. The molecular weight excluding hydrogens is 553 g/mol. The van der Waals surface area contributed by atoms with Crippen LogP contribution in [0.2, 0.25) is 0 Å². The van der Waals surface area contributed by atoms with Gasteiger partial charge < -0.3 is 9.64 Å². The molecule has 1 aromatic carbocycles. The Morgan fingerprint density at radius 1 is 1.05 bits per heavy atom. The number of carbonyl (C=O) groups is 2. The Kier molecular flexibility index (Phi) is 7.91. The van der Waals surface area contributed by atoms with Crippen LogP contribution in [-0.4, -0.2) is 45.8 Å². The maximum Gasteiger partial charge on any atom is 0.391 e. The van der Waals surface area contributed by atoms with Crippen molar-refractivity contribution in [2.24, 2.45) is 11.8 Å². The molecular formula is C30H31F3N4O3S. The monoisotopic (exact) mass is 584 g/mol. The molecule has 7 nitrogen and oxygen atoms in total.